The number of hydrogen-bond acceptors (Lipinski definition) is 8. The molecular weight excluding hydrogens is 440 g/mol. The molecule has 0 amide bonds. The summed E-state index contributed by atoms with van der Waals surface area (Å²) >= 11 is 0. The summed E-state index contributed by atoms with van der Waals surface area (Å²) in [5.74, 6) is -2.45. The molecule has 0 saturated carbocycles. The van der Waals surface area contributed by atoms with Gasteiger partial charge in [-0.2, -0.15) is 0 Å². The van der Waals surface area contributed by atoms with Crippen molar-refractivity contribution in [2.24, 2.45) is 0 Å². The second-order valence-corrected chi connectivity index (χ2v) is 6.57. The number of hydrogen-bond donors (Lipinski definition) is 0. The van der Waals surface area contributed by atoms with Gasteiger partial charge in [-0.05, 0) is 47.0 Å². The summed E-state index contributed by atoms with van der Waals surface area (Å²) in [7, 11) is 0. The monoisotopic (exact) mass is 462 g/mol. The van der Waals surface area contributed by atoms with E-state index >= 15 is 0 Å². The van der Waals surface area contributed by atoms with Gasteiger partial charge in [0.25, 0.3) is 0 Å². The fourth-order valence-corrected chi connectivity index (χ4v) is 2.71. The molecule has 2 aromatic carbocycles. The van der Waals surface area contributed by atoms with Crippen LogP contribution in [-0.4, -0.2) is 23.9 Å². The maximum absolute atomic E-state index is 11.9. The molecule has 8 nitrogen and oxygen atoms in total. The predicted molar refractivity (Wildman–Crippen MR) is 124 cm³/mol. The highest BCUT2D eigenvalue weighted by atomic mass is 16.5. The Balaban J connectivity index is 2.55. The maximum Gasteiger partial charge on any atom is 0.335 e. The lowest BCUT2D eigenvalue weighted by Crippen LogP contribution is -2.07. The molecule has 34 heavy (non-hydrogen) atoms. The Kier molecular flexibility index (Phi) is 9.28. The summed E-state index contributed by atoms with van der Waals surface area (Å²) < 4.78 is 20.7. The zero-order valence-corrected chi connectivity index (χ0v) is 18.3. The Labute approximate surface area is 196 Å². The first kappa shape index (κ1) is 25.5. The van der Waals surface area contributed by atoms with Gasteiger partial charge in [0.2, 0.25) is 0 Å². The average Bonchev–Trinajstić information content (AvgIpc) is 2.85. The van der Waals surface area contributed by atoms with Crippen LogP contribution in [0.15, 0.2) is 87.0 Å². The van der Waals surface area contributed by atoms with Crippen molar-refractivity contribution in [3.05, 3.63) is 98.1 Å². The smallest absolute Gasteiger partial charge is 0.335 e. The van der Waals surface area contributed by atoms with E-state index in [-0.39, 0.29) is 24.7 Å². The molecule has 0 N–H and O–H groups in total. The zero-order valence-electron chi connectivity index (χ0n) is 18.3. The molecule has 0 aromatic heterocycles. The molecular formula is C26H22O8. The fraction of sp³-hybridized carbons (Fsp3) is 0.0769. The molecule has 0 bridgehead atoms. The van der Waals surface area contributed by atoms with Crippen molar-refractivity contribution in [2.75, 3.05) is 0 Å². The summed E-state index contributed by atoms with van der Waals surface area (Å²) in [6.07, 6.45) is 4.05. The van der Waals surface area contributed by atoms with E-state index < -0.39 is 23.9 Å². The van der Waals surface area contributed by atoms with Crippen LogP contribution >= 0.6 is 0 Å². The van der Waals surface area contributed by atoms with Gasteiger partial charge < -0.3 is 18.9 Å². The number of benzene rings is 2. The largest absolute Gasteiger partial charge is 0.458 e. The van der Waals surface area contributed by atoms with Crippen LogP contribution in [0.25, 0.3) is 11.1 Å². The molecule has 0 spiro atoms. The molecule has 0 saturated heterocycles. The normalized spacial score (nSPS) is 9.76. The molecule has 0 aliphatic rings. The summed E-state index contributed by atoms with van der Waals surface area (Å²) in [6.45, 7) is 13.3. The molecule has 174 valence electrons. The summed E-state index contributed by atoms with van der Waals surface area (Å²) in [4.78, 5) is 46.5. The molecule has 0 aliphatic heterocycles. The Morgan fingerprint density at radius 1 is 0.647 bits per heavy atom. The van der Waals surface area contributed by atoms with Crippen LogP contribution in [0.1, 0.15) is 11.1 Å². The third kappa shape index (κ3) is 7.45. The minimum absolute atomic E-state index is 0.0773. The van der Waals surface area contributed by atoms with Crippen LogP contribution in [0.4, 0.5) is 0 Å². The number of carbonyl (C=O) groups excluding carboxylic acids is 4. The average molecular weight is 462 g/mol. The first-order valence-electron chi connectivity index (χ1n) is 9.83. The van der Waals surface area contributed by atoms with Gasteiger partial charge in [0.05, 0.1) is 0 Å². The lowest BCUT2D eigenvalue weighted by molar-refractivity contribution is -0.139. The van der Waals surface area contributed by atoms with Crippen LogP contribution < -0.4 is 9.47 Å². The lowest BCUT2D eigenvalue weighted by Gasteiger charge is -2.14. The van der Waals surface area contributed by atoms with E-state index in [1.165, 1.54) is 12.1 Å². The van der Waals surface area contributed by atoms with Gasteiger partial charge in [0.1, 0.15) is 24.7 Å². The van der Waals surface area contributed by atoms with E-state index in [4.69, 9.17) is 18.9 Å². The Morgan fingerprint density at radius 3 is 1.65 bits per heavy atom. The van der Waals surface area contributed by atoms with Crippen molar-refractivity contribution in [1.82, 2.24) is 0 Å². The Hall–Kier alpha value is -4.72. The summed E-state index contributed by atoms with van der Waals surface area (Å²) in [6, 6.07) is 9.53. The minimum Gasteiger partial charge on any atom is -0.458 e. The van der Waals surface area contributed by atoms with Crippen LogP contribution in [-0.2, 0) is 41.9 Å². The predicted octanol–water partition coefficient (Wildman–Crippen LogP) is 3.99. The molecule has 0 atom stereocenters. The van der Waals surface area contributed by atoms with Gasteiger partial charge in [-0.1, -0.05) is 26.3 Å². The highest BCUT2D eigenvalue weighted by Gasteiger charge is 2.15. The molecule has 0 heterocycles. The van der Waals surface area contributed by atoms with Crippen molar-refractivity contribution in [1.29, 1.82) is 0 Å². The molecule has 0 aliphatic carbocycles. The fourth-order valence-electron chi connectivity index (χ4n) is 2.71. The van der Waals surface area contributed by atoms with Crippen LogP contribution in [0.5, 0.6) is 11.5 Å². The topological polar surface area (TPSA) is 105 Å². The number of esters is 4. The minimum atomic E-state index is -0.732. The van der Waals surface area contributed by atoms with E-state index in [1.54, 1.807) is 24.3 Å². The van der Waals surface area contributed by atoms with Gasteiger partial charge in [-0.15, -0.1) is 0 Å². The third-order valence-corrected chi connectivity index (χ3v) is 4.17. The van der Waals surface area contributed by atoms with Crippen molar-refractivity contribution in [3.8, 4) is 22.6 Å². The van der Waals surface area contributed by atoms with E-state index in [1.807, 2.05) is 0 Å². The highest BCUT2D eigenvalue weighted by molar-refractivity contribution is 5.87. The SMILES string of the molecule is C=CC(=O)OCc1cc(COC(=O)C=C)cc(-c2ccc(OC(=O)C=C)cc2OC(=O)C=C)c1. The second kappa shape index (κ2) is 12.4. The molecule has 2 aromatic rings. The third-order valence-electron chi connectivity index (χ3n) is 4.17. The molecule has 8 heteroatoms. The molecule has 0 fully saturated rings. The number of carbonyl (C=O) groups is 4. The van der Waals surface area contributed by atoms with Crippen molar-refractivity contribution in [3.63, 3.8) is 0 Å². The summed E-state index contributed by atoms with van der Waals surface area (Å²) in [5.41, 5.74) is 2.13. The second-order valence-electron chi connectivity index (χ2n) is 6.57. The van der Waals surface area contributed by atoms with Crippen LogP contribution in [0, 0.1) is 0 Å². The van der Waals surface area contributed by atoms with Crippen molar-refractivity contribution >= 4 is 23.9 Å². The quantitative estimate of drug-likeness (QED) is 0.280. The maximum atomic E-state index is 11.9. The standard InChI is InChI=1S/C26H22O8/c1-5-23(27)31-15-17-11-18(16-32-24(28)6-2)13-19(12-17)21-10-9-20(33-25(29)7-3)14-22(21)34-26(30)8-4/h5-14H,1-4,15-16H2. The van der Waals surface area contributed by atoms with Gasteiger partial charge in [-0.3, -0.25) is 0 Å². The van der Waals surface area contributed by atoms with Gasteiger partial charge in [0.15, 0.2) is 0 Å². The first-order chi connectivity index (χ1) is 16.3. The number of rotatable bonds is 11. The van der Waals surface area contributed by atoms with Gasteiger partial charge in [-0.25, -0.2) is 19.2 Å². The number of ether oxygens (including phenoxy) is 4. The molecule has 0 radical (unpaired) electrons. The first-order valence-corrected chi connectivity index (χ1v) is 9.83. The van der Waals surface area contributed by atoms with Crippen molar-refractivity contribution < 1.29 is 38.1 Å². The highest BCUT2D eigenvalue weighted by Crippen LogP contribution is 2.35. The van der Waals surface area contributed by atoms with Gasteiger partial charge >= 0.3 is 23.9 Å². The lowest BCUT2D eigenvalue weighted by atomic mass is 9.99. The van der Waals surface area contributed by atoms with E-state index in [0.29, 0.717) is 22.3 Å². The molecule has 2 rings (SSSR count). The van der Waals surface area contributed by atoms with E-state index in [0.717, 1.165) is 24.3 Å². The molecule has 0 unspecified atom stereocenters. The van der Waals surface area contributed by atoms with E-state index in [2.05, 4.69) is 26.3 Å². The summed E-state index contributed by atoms with van der Waals surface area (Å²) in [5, 5.41) is 0. The Morgan fingerprint density at radius 2 is 1.15 bits per heavy atom. The zero-order chi connectivity index (χ0) is 25.1. The van der Waals surface area contributed by atoms with Crippen LogP contribution in [0.3, 0.4) is 0 Å². The van der Waals surface area contributed by atoms with Gasteiger partial charge in [0, 0.05) is 35.9 Å². The van der Waals surface area contributed by atoms with Crippen LogP contribution in [0.2, 0.25) is 0 Å². The Bertz CT molecular complexity index is 1120. The van der Waals surface area contributed by atoms with E-state index in [9.17, 15) is 19.2 Å². The van der Waals surface area contributed by atoms with Crippen molar-refractivity contribution in [2.45, 2.75) is 13.2 Å².